The Bertz CT molecular complexity index is 276. The van der Waals surface area contributed by atoms with Gasteiger partial charge in [-0.15, -0.1) is 0 Å². The number of anilines is 1. The maximum atomic E-state index is 5.15. The molecule has 0 aliphatic carbocycles. The Morgan fingerprint density at radius 3 is 2.77 bits per heavy atom. The number of methoxy groups -OCH3 is 1. The first-order valence-electron chi connectivity index (χ1n) is 4.34. The molecule has 0 saturated carbocycles. The molecular formula is C10H14BrNO. The van der Waals surface area contributed by atoms with E-state index < -0.39 is 0 Å². The standard InChI is InChI=1S/C10H14BrNO/c1-3-4-12-9-5-8(11)6-10(7-9)13-2/h5-7,12H,3-4H2,1-2H3. The molecule has 0 amide bonds. The molecule has 0 aliphatic rings. The van der Waals surface area contributed by atoms with Gasteiger partial charge in [0.05, 0.1) is 7.11 Å². The zero-order valence-electron chi connectivity index (χ0n) is 7.93. The maximum absolute atomic E-state index is 5.15. The maximum Gasteiger partial charge on any atom is 0.122 e. The van der Waals surface area contributed by atoms with Crippen LogP contribution in [0.2, 0.25) is 0 Å². The van der Waals surface area contributed by atoms with E-state index in [0.717, 1.165) is 28.9 Å². The summed E-state index contributed by atoms with van der Waals surface area (Å²) < 4.78 is 6.18. The van der Waals surface area contributed by atoms with Gasteiger partial charge >= 0.3 is 0 Å². The van der Waals surface area contributed by atoms with Crippen LogP contribution >= 0.6 is 15.9 Å². The molecule has 1 aromatic rings. The van der Waals surface area contributed by atoms with Crippen molar-refractivity contribution in [2.45, 2.75) is 13.3 Å². The highest BCUT2D eigenvalue weighted by Crippen LogP contribution is 2.24. The van der Waals surface area contributed by atoms with Gasteiger partial charge in [-0.2, -0.15) is 0 Å². The number of nitrogens with one attached hydrogen (secondary N) is 1. The lowest BCUT2D eigenvalue weighted by Crippen LogP contribution is -1.99. The number of ether oxygens (including phenoxy) is 1. The van der Waals surface area contributed by atoms with E-state index in [1.54, 1.807) is 7.11 Å². The van der Waals surface area contributed by atoms with Gasteiger partial charge < -0.3 is 10.1 Å². The average Bonchev–Trinajstić information content (AvgIpc) is 2.14. The minimum absolute atomic E-state index is 0.868. The topological polar surface area (TPSA) is 21.3 Å². The van der Waals surface area contributed by atoms with Crippen molar-refractivity contribution in [2.24, 2.45) is 0 Å². The van der Waals surface area contributed by atoms with Crippen LogP contribution in [-0.4, -0.2) is 13.7 Å². The Kier molecular flexibility index (Phi) is 4.09. The zero-order valence-corrected chi connectivity index (χ0v) is 9.52. The molecule has 3 heteroatoms. The molecule has 0 unspecified atom stereocenters. The monoisotopic (exact) mass is 243 g/mol. The lowest BCUT2D eigenvalue weighted by molar-refractivity contribution is 0.414. The fourth-order valence-electron chi connectivity index (χ4n) is 1.05. The lowest BCUT2D eigenvalue weighted by atomic mass is 10.3. The number of hydrogen-bond acceptors (Lipinski definition) is 2. The summed E-state index contributed by atoms with van der Waals surface area (Å²) in [6, 6.07) is 5.97. The van der Waals surface area contributed by atoms with Gasteiger partial charge in [-0.25, -0.2) is 0 Å². The van der Waals surface area contributed by atoms with Crippen molar-refractivity contribution in [1.82, 2.24) is 0 Å². The van der Waals surface area contributed by atoms with E-state index in [4.69, 9.17) is 4.74 Å². The first-order chi connectivity index (χ1) is 6.26. The van der Waals surface area contributed by atoms with Crippen molar-refractivity contribution in [1.29, 1.82) is 0 Å². The minimum atomic E-state index is 0.868. The third-order valence-electron chi connectivity index (χ3n) is 1.69. The summed E-state index contributed by atoms with van der Waals surface area (Å²) >= 11 is 3.43. The van der Waals surface area contributed by atoms with E-state index in [2.05, 4.69) is 28.2 Å². The van der Waals surface area contributed by atoms with Crippen molar-refractivity contribution in [3.05, 3.63) is 22.7 Å². The van der Waals surface area contributed by atoms with Crippen LogP contribution in [0.15, 0.2) is 22.7 Å². The third kappa shape index (κ3) is 3.27. The fraction of sp³-hybridized carbons (Fsp3) is 0.400. The molecule has 13 heavy (non-hydrogen) atoms. The SMILES string of the molecule is CCCNc1cc(Br)cc(OC)c1. The average molecular weight is 244 g/mol. The van der Waals surface area contributed by atoms with Crippen LogP contribution in [0.1, 0.15) is 13.3 Å². The molecule has 0 fully saturated rings. The molecule has 0 spiro atoms. The van der Waals surface area contributed by atoms with Crippen molar-refractivity contribution < 1.29 is 4.74 Å². The van der Waals surface area contributed by atoms with Crippen LogP contribution in [0.5, 0.6) is 5.75 Å². The minimum Gasteiger partial charge on any atom is -0.497 e. The summed E-state index contributed by atoms with van der Waals surface area (Å²) in [5.74, 6) is 0.868. The van der Waals surface area contributed by atoms with Crippen LogP contribution in [0.25, 0.3) is 0 Å². The second-order valence-electron chi connectivity index (χ2n) is 2.81. The predicted octanol–water partition coefficient (Wildman–Crippen LogP) is 3.28. The van der Waals surface area contributed by atoms with Gasteiger partial charge in [0.2, 0.25) is 0 Å². The van der Waals surface area contributed by atoms with Crippen LogP contribution in [0.4, 0.5) is 5.69 Å². The summed E-state index contributed by atoms with van der Waals surface area (Å²) in [5, 5.41) is 3.30. The predicted molar refractivity (Wildman–Crippen MR) is 59.5 cm³/mol. The van der Waals surface area contributed by atoms with E-state index >= 15 is 0 Å². The zero-order chi connectivity index (χ0) is 9.68. The molecule has 0 radical (unpaired) electrons. The fourth-order valence-corrected chi connectivity index (χ4v) is 1.52. The van der Waals surface area contributed by atoms with E-state index in [1.165, 1.54) is 0 Å². The van der Waals surface area contributed by atoms with E-state index in [9.17, 15) is 0 Å². The molecule has 0 saturated heterocycles. The number of rotatable bonds is 4. The lowest BCUT2D eigenvalue weighted by Gasteiger charge is -2.07. The molecule has 0 aliphatic heterocycles. The Hall–Kier alpha value is -0.700. The Morgan fingerprint density at radius 2 is 2.15 bits per heavy atom. The van der Waals surface area contributed by atoms with E-state index in [-0.39, 0.29) is 0 Å². The van der Waals surface area contributed by atoms with Crippen molar-refractivity contribution >= 4 is 21.6 Å². The number of halogens is 1. The highest BCUT2D eigenvalue weighted by atomic mass is 79.9. The molecule has 0 heterocycles. The molecule has 72 valence electrons. The van der Waals surface area contributed by atoms with Crippen LogP contribution in [0.3, 0.4) is 0 Å². The molecule has 1 rings (SSSR count). The highest BCUT2D eigenvalue weighted by Gasteiger charge is 1.97. The van der Waals surface area contributed by atoms with Crippen LogP contribution < -0.4 is 10.1 Å². The summed E-state index contributed by atoms with van der Waals surface area (Å²) in [6.45, 7) is 3.13. The molecule has 0 atom stereocenters. The van der Waals surface area contributed by atoms with Gasteiger partial charge in [0.25, 0.3) is 0 Å². The summed E-state index contributed by atoms with van der Waals surface area (Å²) in [6.07, 6.45) is 1.12. The Morgan fingerprint density at radius 1 is 1.38 bits per heavy atom. The van der Waals surface area contributed by atoms with Gasteiger partial charge in [0.15, 0.2) is 0 Å². The number of benzene rings is 1. The molecule has 0 aromatic heterocycles. The second-order valence-corrected chi connectivity index (χ2v) is 3.72. The molecule has 1 N–H and O–H groups in total. The van der Waals surface area contributed by atoms with Crippen molar-refractivity contribution in [3.63, 3.8) is 0 Å². The van der Waals surface area contributed by atoms with Gasteiger partial charge in [0.1, 0.15) is 5.75 Å². The van der Waals surface area contributed by atoms with Gasteiger partial charge in [-0.05, 0) is 18.6 Å². The first kappa shape index (κ1) is 10.4. The van der Waals surface area contributed by atoms with E-state index in [0.29, 0.717) is 0 Å². The third-order valence-corrected chi connectivity index (χ3v) is 2.14. The van der Waals surface area contributed by atoms with Crippen LogP contribution in [0, 0.1) is 0 Å². The van der Waals surface area contributed by atoms with Crippen LogP contribution in [-0.2, 0) is 0 Å². The number of hydrogen-bond donors (Lipinski definition) is 1. The second kappa shape index (κ2) is 5.12. The quantitative estimate of drug-likeness (QED) is 0.877. The molecular weight excluding hydrogens is 230 g/mol. The van der Waals surface area contributed by atoms with Crippen molar-refractivity contribution in [3.8, 4) is 5.75 Å². The Balaban J connectivity index is 2.76. The Labute approximate surface area is 87.4 Å². The largest absolute Gasteiger partial charge is 0.497 e. The molecule has 0 bridgehead atoms. The smallest absolute Gasteiger partial charge is 0.122 e. The van der Waals surface area contributed by atoms with E-state index in [1.807, 2.05) is 18.2 Å². The van der Waals surface area contributed by atoms with Gasteiger partial charge in [0, 0.05) is 22.8 Å². The molecule has 2 nitrogen and oxygen atoms in total. The summed E-state index contributed by atoms with van der Waals surface area (Å²) in [4.78, 5) is 0. The summed E-state index contributed by atoms with van der Waals surface area (Å²) in [5.41, 5.74) is 1.09. The van der Waals surface area contributed by atoms with Gasteiger partial charge in [-0.3, -0.25) is 0 Å². The highest BCUT2D eigenvalue weighted by molar-refractivity contribution is 9.10. The normalized spacial score (nSPS) is 9.77. The van der Waals surface area contributed by atoms with Gasteiger partial charge in [-0.1, -0.05) is 22.9 Å². The van der Waals surface area contributed by atoms with Crippen molar-refractivity contribution in [2.75, 3.05) is 19.0 Å². The molecule has 1 aromatic carbocycles. The summed E-state index contributed by atoms with van der Waals surface area (Å²) in [7, 11) is 1.67. The first-order valence-corrected chi connectivity index (χ1v) is 5.14.